The number of nitrogens with two attached hydrogens (primary N) is 1. The molecule has 0 bridgehead atoms. The van der Waals surface area contributed by atoms with Crippen molar-refractivity contribution in [1.29, 1.82) is 0 Å². The molecule has 1 amide bonds. The van der Waals surface area contributed by atoms with Crippen molar-refractivity contribution in [2.24, 2.45) is 10.7 Å². The lowest BCUT2D eigenvalue weighted by molar-refractivity contribution is 0.0972. The topological polar surface area (TPSA) is 83.9 Å². The molecule has 1 aromatic heterocycles. The van der Waals surface area contributed by atoms with E-state index in [0.717, 1.165) is 5.56 Å². The van der Waals surface area contributed by atoms with Crippen LogP contribution in [0.2, 0.25) is 0 Å². The Bertz CT molecular complexity index is 716. The highest BCUT2D eigenvalue weighted by Gasteiger charge is 2.09. The maximum Gasteiger partial charge on any atom is 0.284 e. The zero-order chi connectivity index (χ0) is 17.5. The molecular formula is C17H22FIN4O2. The van der Waals surface area contributed by atoms with Crippen molar-refractivity contribution in [3.05, 3.63) is 59.3 Å². The van der Waals surface area contributed by atoms with E-state index in [-0.39, 0.29) is 42.1 Å². The van der Waals surface area contributed by atoms with Crippen LogP contribution in [0.1, 0.15) is 28.8 Å². The Labute approximate surface area is 163 Å². The lowest BCUT2D eigenvalue weighted by Gasteiger charge is -2.22. The smallest absolute Gasteiger partial charge is 0.284 e. The van der Waals surface area contributed by atoms with Gasteiger partial charge in [0.15, 0.2) is 11.7 Å². The van der Waals surface area contributed by atoms with Gasteiger partial charge in [-0.2, -0.15) is 0 Å². The maximum atomic E-state index is 13.0. The first-order valence-electron chi connectivity index (χ1n) is 7.62. The van der Waals surface area contributed by atoms with Crippen molar-refractivity contribution in [3.8, 4) is 0 Å². The number of halogens is 2. The zero-order valence-electron chi connectivity index (χ0n) is 14.2. The van der Waals surface area contributed by atoms with Gasteiger partial charge < -0.3 is 20.4 Å². The summed E-state index contributed by atoms with van der Waals surface area (Å²) in [7, 11) is 1.89. The minimum absolute atomic E-state index is 0. The average Bonchev–Trinajstić information content (AvgIpc) is 3.02. The number of guanidine groups is 1. The van der Waals surface area contributed by atoms with Gasteiger partial charge in [0.25, 0.3) is 5.91 Å². The summed E-state index contributed by atoms with van der Waals surface area (Å²) in [5, 5.41) is 3.18. The predicted molar refractivity (Wildman–Crippen MR) is 105 cm³/mol. The monoisotopic (exact) mass is 460 g/mol. The molecule has 1 heterocycles. The summed E-state index contributed by atoms with van der Waals surface area (Å²) >= 11 is 0. The van der Waals surface area contributed by atoms with Crippen molar-refractivity contribution in [1.82, 2.24) is 10.2 Å². The normalized spacial score (nSPS) is 10.9. The van der Waals surface area contributed by atoms with Gasteiger partial charge in [0.2, 0.25) is 0 Å². The van der Waals surface area contributed by atoms with Crippen molar-refractivity contribution in [3.63, 3.8) is 0 Å². The van der Waals surface area contributed by atoms with E-state index in [2.05, 4.69) is 10.3 Å². The molecule has 0 radical (unpaired) electrons. The third-order valence-corrected chi connectivity index (χ3v) is 3.32. The molecule has 0 aliphatic heterocycles. The fourth-order valence-corrected chi connectivity index (χ4v) is 2.16. The van der Waals surface area contributed by atoms with Gasteiger partial charge in [-0.05, 0) is 36.8 Å². The van der Waals surface area contributed by atoms with Gasteiger partial charge in [0.1, 0.15) is 18.1 Å². The van der Waals surface area contributed by atoms with E-state index in [1.807, 2.05) is 18.9 Å². The first-order valence-corrected chi connectivity index (χ1v) is 7.62. The fourth-order valence-electron chi connectivity index (χ4n) is 2.16. The number of hydrogen-bond donors (Lipinski definition) is 2. The summed E-state index contributed by atoms with van der Waals surface area (Å²) in [5.74, 6) is 0.480. The molecule has 136 valence electrons. The summed E-state index contributed by atoms with van der Waals surface area (Å²) < 4.78 is 18.3. The van der Waals surface area contributed by atoms with Gasteiger partial charge in [-0.1, -0.05) is 12.1 Å². The highest BCUT2D eigenvalue weighted by Crippen LogP contribution is 2.10. The van der Waals surface area contributed by atoms with E-state index in [9.17, 15) is 9.18 Å². The number of nitrogens with one attached hydrogen (secondary N) is 1. The second kappa shape index (κ2) is 10.0. The minimum Gasteiger partial charge on any atom is -0.454 e. The molecule has 0 saturated heterocycles. The third kappa shape index (κ3) is 6.37. The van der Waals surface area contributed by atoms with Crippen molar-refractivity contribution >= 4 is 35.8 Å². The first-order chi connectivity index (χ1) is 11.5. The summed E-state index contributed by atoms with van der Waals surface area (Å²) in [6.45, 7) is 3.54. The molecule has 0 saturated carbocycles. The van der Waals surface area contributed by atoms with Crippen LogP contribution >= 0.6 is 24.0 Å². The van der Waals surface area contributed by atoms with Crippen LogP contribution in [0, 0.1) is 5.82 Å². The van der Waals surface area contributed by atoms with Crippen LogP contribution in [-0.2, 0) is 13.1 Å². The standard InChI is InChI=1S/C17H21FN4O2.HI/c1-3-20-17(21-10-14-8-9-15(24-14)16(19)23)22(2)11-12-4-6-13(18)7-5-12;/h4-9H,3,10-11H2,1-2H3,(H2,19,23)(H,20,21);1H. The van der Waals surface area contributed by atoms with E-state index < -0.39 is 5.91 Å². The van der Waals surface area contributed by atoms with E-state index in [1.54, 1.807) is 18.2 Å². The van der Waals surface area contributed by atoms with Crippen LogP contribution in [0.4, 0.5) is 4.39 Å². The highest BCUT2D eigenvalue weighted by molar-refractivity contribution is 14.0. The number of primary amides is 1. The molecule has 3 N–H and O–H groups in total. The summed E-state index contributed by atoms with van der Waals surface area (Å²) in [6.07, 6.45) is 0. The second-order valence-electron chi connectivity index (χ2n) is 5.28. The molecule has 2 aromatic rings. The molecule has 0 fully saturated rings. The number of amides is 1. The number of furan rings is 1. The number of nitrogens with zero attached hydrogens (tertiary/aromatic N) is 2. The fraction of sp³-hybridized carbons (Fsp3) is 0.294. The lowest BCUT2D eigenvalue weighted by atomic mass is 10.2. The van der Waals surface area contributed by atoms with Crippen LogP contribution in [0.5, 0.6) is 0 Å². The molecule has 0 atom stereocenters. The van der Waals surface area contributed by atoms with Gasteiger partial charge in [0.05, 0.1) is 0 Å². The number of carbonyl (C=O) groups is 1. The molecule has 8 heteroatoms. The Morgan fingerprint density at radius 3 is 2.52 bits per heavy atom. The highest BCUT2D eigenvalue weighted by atomic mass is 127. The molecule has 0 unspecified atom stereocenters. The Morgan fingerprint density at radius 1 is 1.28 bits per heavy atom. The van der Waals surface area contributed by atoms with Crippen LogP contribution < -0.4 is 11.1 Å². The molecular weight excluding hydrogens is 438 g/mol. The summed E-state index contributed by atoms with van der Waals surface area (Å²) in [4.78, 5) is 17.4. The van der Waals surface area contributed by atoms with Crippen LogP contribution in [0.25, 0.3) is 0 Å². The van der Waals surface area contributed by atoms with Crippen LogP contribution in [-0.4, -0.2) is 30.4 Å². The summed E-state index contributed by atoms with van der Waals surface area (Å²) in [6, 6.07) is 9.54. The number of hydrogen-bond acceptors (Lipinski definition) is 3. The first kappa shape index (κ1) is 20.9. The molecule has 0 aliphatic carbocycles. The van der Waals surface area contributed by atoms with Crippen LogP contribution in [0.3, 0.4) is 0 Å². The van der Waals surface area contributed by atoms with Crippen LogP contribution in [0.15, 0.2) is 45.8 Å². The Kier molecular flexibility index (Phi) is 8.39. The Hall–Kier alpha value is -2.10. The molecule has 0 spiro atoms. The Morgan fingerprint density at radius 2 is 1.96 bits per heavy atom. The van der Waals surface area contributed by atoms with Gasteiger partial charge in [-0.25, -0.2) is 9.38 Å². The molecule has 0 aliphatic rings. The number of carbonyl (C=O) groups excluding carboxylic acids is 1. The quantitative estimate of drug-likeness (QED) is 0.395. The number of rotatable bonds is 6. The predicted octanol–water partition coefficient (Wildman–Crippen LogP) is 2.73. The van der Waals surface area contributed by atoms with Gasteiger partial charge in [-0.3, -0.25) is 4.79 Å². The molecule has 1 aromatic carbocycles. The summed E-state index contributed by atoms with van der Waals surface area (Å²) in [5.41, 5.74) is 6.13. The minimum atomic E-state index is -0.606. The maximum absolute atomic E-state index is 13.0. The van der Waals surface area contributed by atoms with Crippen molar-refractivity contribution in [2.75, 3.05) is 13.6 Å². The third-order valence-electron chi connectivity index (χ3n) is 3.32. The van der Waals surface area contributed by atoms with Gasteiger partial charge in [0, 0.05) is 20.1 Å². The van der Waals surface area contributed by atoms with Crippen molar-refractivity contribution < 1.29 is 13.6 Å². The number of aliphatic imine (C=N–C) groups is 1. The lowest BCUT2D eigenvalue weighted by Crippen LogP contribution is -2.38. The molecule has 25 heavy (non-hydrogen) atoms. The zero-order valence-corrected chi connectivity index (χ0v) is 16.5. The van der Waals surface area contributed by atoms with Crippen molar-refractivity contribution in [2.45, 2.75) is 20.0 Å². The largest absolute Gasteiger partial charge is 0.454 e. The van der Waals surface area contributed by atoms with E-state index >= 15 is 0 Å². The Balaban J connectivity index is 0.00000312. The molecule has 6 nitrogen and oxygen atoms in total. The van der Waals surface area contributed by atoms with Gasteiger partial charge in [-0.15, -0.1) is 24.0 Å². The second-order valence-corrected chi connectivity index (χ2v) is 5.28. The van der Waals surface area contributed by atoms with E-state index in [1.165, 1.54) is 18.2 Å². The van der Waals surface area contributed by atoms with Gasteiger partial charge >= 0.3 is 0 Å². The number of benzene rings is 1. The average molecular weight is 460 g/mol. The van der Waals surface area contributed by atoms with E-state index in [4.69, 9.17) is 10.2 Å². The molecule has 2 rings (SSSR count). The van der Waals surface area contributed by atoms with E-state index in [0.29, 0.717) is 24.8 Å². The SMILES string of the molecule is CCNC(=NCc1ccc(C(N)=O)o1)N(C)Cc1ccc(F)cc1.I.